The van der Waals surface area contributed by atoms with E-state index in [4.69, 9.17) is 4.74 Å². The van der Waals surface area contributed by atoms with Gasteiger partial charge in [-0.1, -0.05) is 66.8 Å². The molecule has 0 saturated heterocycles. The Hall–Kier alpha value is -2.54. The van der Waals surface area contributed by atoms with Crippen molar-refractivity contribution in [3.8, 4) is 5.75 Å². The van der Waals surface area contributed by atoms with Crippen LogP contribution in [0.3, 0.4) is 0 Å². The number of methoxy groups -OCH3 is 1. The van der Waals surface area contributed by atoms with Crippen LogP contribution in [0.4, 0.5) is 0 Å². The lowest BCUT2D eigenvalue weighted by Crippen LogP contribution is -2.08. The quantitative estimate of drug-likeness (QED) is 0.719. The fourth-order valence-electron chi connectivity index (χ4n) is 3.26. The van der Waals surface area contributed by atoms with Crippen molar-refractivity contribution in [3.63, 3.8) is 0 Å². The lowest BCUT2D eigenvalue weighted by atomic mass is 9.81. The van der Waals surface area contributed by atoms with Crippen LogP contribution in [-0.4, -0.2) is 7.11 Å². The van der Waals surface area contributed by atoms with Crippen LogP contribution in [0.25, 0.3) is 11.6 Å². The number of rotatable bonds is 1. The monoisotopic (exact) mass is 272 g/mol. The summed E-state index contributed by atoms with van der Waals surface area (Å²) in [6.45, 7) is 0. The molecule has 3 aliphatic rings. The number of allylic oxidation sites excluding steroid dienone is 11. The average molecular weight is 272 g/mol. The first kappa shape index (κ1) is 12.2. The minimum atomic E-state index is 0.358. The maximum atomic E-state index is 5.47. The molecular formula is C20H16O. The summed E-state index contributed by atoms with van der Waals surface area (Å²) in [7, 11) is 1.73. The molecule has 0 spiro atoms. The Morgan fingerprint density at radius 1 is 0.952 bits per heavy atom. The zero-order valence-corrected chi connectivity index (χ0v) is 11.9. The van der Waals surface area contributed by atoms with Gasteiger partial charge in [0, 0.05) is 11.5 Å². The Morgan fingerprint density at radius 2 is 1.90 bits per heavy atom. The zero-order chi connectivity index (χ0) is 14.2. The molecule has 0 aromatic heterocycles. The molecule has 3 aliphatic carbocycles. The molecule has 1 unspecified atom stereocenters. The summed E-state index contributed by atoms with van der Waals surface area (Å²) >= 11 is 0. The molecule has 1 aromatic rings. The summed E-state index contributed by atoms with van der Waals surface area (Å²) in [5.74, 6) is 1.30. The van der Waals surface area contributed by atoms with E-state index in [1.54, 1.807) is 7.11 Å². The van der Waals surface area contributed by atoms with E-state index in [1.165, 1.54) is 27.8 Å². The molecule has 1 heteroatoms. The Labute approximate surface area is 124 Å². The van der Waals surface area contributed by atoms with Crippen LogP contribution >= 0.6 is 0 Å². The average Bonchev–Trinajstić information content (AvgIpc) is 2.98. The van der Waals surface area contributed by atoms with E-state index in [1.807, 2.05) is 6.07 Å². The van der Waals surface area contributed by atoms with Gasteiger partial charge in [0.15, 0.2) is 0 Å². The Balaban J connectivity index is 1.88. The Bertz CT molecular complexity index is 782. The van der Waals surface area contributed by atoms with Gasteiger partial charge in [0.05, 0.1) is 7.11 Å². The summed E-state index contributed by atoms with van der Waals surface area (Å²) in [6, 6.07) is 6.25. The second-order valence-electron chi connectivity index (χ2n) is 5.37. The van der Waals surface area contributed by atoms with Crippen molar-refractivity contribution >= 4 is 11.6 Å². The lowest BCUT2D eigenvalue weighted by Gasteiger charge is -2.23. The lowest BCUT2D eigenvalue weighted by molar-refractivity contribution is 0.414. The van der Waals surface area contributed by atoms with Crippen molar-refractivity contribution < 1.29 is 4.74 Å². The molecule has 0 N–H and O–H groups in total. The van der Waals surface area contributed by atoms with Gasteiger partial charge in [-0.15, -0.1) is 0 Å². The molecular weight excluding hydrogens is 256 g/mol. The molecule has 4 rings (SSSR count). The van der Waals surface area contributed by atoms with E-state index in [9.17, 15) is 0 Å². The number of hydrogen-bond acceptors (Lipinski definition) is 1. The van der Waals surface area contributed by atoms with Gasteiger partial charge in [-0.2, -0.15) is 0 Å². The van der Waals surface area contributed by atoms with E-state index in [0.717, 1.165) is 5.75 Å². The van der Waals surface area contributed by atoms with E-state index < -0.39 is 0 Å². The summed E-state index contributed by atoms with van der Waals surface area (Å²) in [6.07, 6.45) is 19.6. The second-order valence-corrected chi connectivity index (χ2v) is 5.37. The minimum absolute atomic E-state index is 0.358. The summed E-state index contributed by atoms with van der Waals surface area (Å²) < 4.78 is 5.47. The third-order valence-corrected chi connectivity index (χ3v) is 4.27. The normalized spacial score (nSPS) is 24.8. The molecule has 0 aliphatic heterocycles. The van der Waals surface area contributed by atoms with E-state index >= 15 is 0 Å². The summed E-state index contributed by atoms with van der Waals surface area (Å²) in [5.41, 5.74) is 6.46. The second kappa shape index (κ2) is 4.78. The molecule has 0 saturated carbocycles. The fraction of sp³-hybridized carbons (Fsp3) is 0.100. The van der Waals surface area contributed by atoms with Crippen molar-refractivity contribution in [3.05, 3.63) is 89.1 Å². The van der Waals surface area contributed by atoms with Crippen LogP contribution in [0.1, 0.15) is 11.1 Å². The molecule has 1 nitrogen and oxygen atoms in total. The summed E-state index contributed by atoms with van der Waals surface area (Å²) in [5, 5.41) is 0. The van der Waals surface area contributed by atoms with Crippen molar-refractivity contribution in [1.29, 1.82) is 0 Å². The highest BCUT2D eigenvalue weighted by Crippen LogP contribution is 2.42. The molecule has 102 valence electrons. The predicted octanol–water partition coefficient (Wildman–Crippen LogP) is 4.71. The first-order valence-corrected chi connectivity index (χ1v) is 7.21. The highest BCUT2D eigenvalue weighted by Gasteiger charge is 2.23. The van der Waals surface area contributed by atoms with Crippen molar-refractivity contribution in [2.75, 3.05) is 7.11 Å². The van der Waals surface area contributed by atoms with Crippen molar-refractivity contribution in [1.82, 2.24) is 0 Å². The molecule has 0 heterocycles. The van der Waals surface area contributed by atoms with Gasteiger partial charge in [-0.3, -0.25) is 0 Å². The maximum Gasteiger partial charge on any atom is 0.126 e. The first-order chi connectivity index (χ1) is 10.4. The molecule has 0 bridgehead atoms. The first-order valence-electron chi connectivity index (χ1n) is 7.21. The van der Waals surface area contributed by atoms with Crippen LogP contribution in [0.2, 0.25) is 0 Å². The van der Waals surface area contributed by atoms with Crippen LogP contribution < -0.4 is 4.74 Å². The van der Waals surface area contributed by atoms with E-state index in [0.29, 0.717) is 5.92 Å². The highest BCUT2D eigenvalue weighted by molar-refractivity contribution is 5.94. The molecule has 0 amide bonds. The Morgan fingerprint density at radius 3 is 2.81 bits per heavy atom. The topological polar surface area (TPSA) is 9.23 Å². The molecule has 0 radical (unpaired) electrons. The van der Waals surface area contributed by atoms with E-state index in [-0.39, 0.29) is 0 Å². The van der Waals surface area contributed by atoms with E-state index in [2.05, 4.69) is 66.8 Å². The van der Waals surface area contributed by atoms with Gasteiger partial charge in [0.25, 0.3) is 0 Å². The third-order valence-electron chi connectivity index (χ3n) is 4.27. The third kappa shape index (κ3) is 1.85. The number of benzene rings is 1. The van der Waals surface area contributed by atoms with Crippen LogP contribution in [0.5, 0.6) is 5.75 Å². The zero-order valence-electron chi connectivity index (χ0n) is 11.9. The minimum Gasteiger partial charge on any atom is -0.496 e. The molecule has 21 heavy (non-hydrogen) atoms. The standard InChI is InChI=1S/C20H16O/c1-21-20-11-5-10-17-18(12-13-19(17)20)16-9-4-7-14-6-2-3-8-15(14)16/h2-13,15H,1H3. The van der Waals surface area contributed by atoms with Crippen LogP contribution in [0.15, 0.2) is 78.0 Å². The predicted molar refractivity (Wildman–Crippen MR) is 87.9 cm³/mol. The van der Waals surface area contributed by atoms with Gasteiger partial charge < -0.3 is 4.74 Å². The molecule has 1 atom stereocenters. The molecule has 0 fully saturated rings. The smallest absolute Gasteiger partial charge is 0.126 e. The number of ether oxygens (including phenoxy) is 1. The van der Waals surface area contributed by atoms with Crippen LogP contribution in [0, 0.1) is 5.92 Å². The SMILES string of the molecule is COc1cccc2c1C=CC2=C1C=CC=C2C=CC=CC21. The number of hydrogen-bond donors (Lipinski definition) is 0. The van der Waals surface area contributed by atoms with Gasteiger partial charge in [0.1, 0.15) is 5.75 Å². The van der Waals surface area contributed by atoms with Gasteiger partial charge >= 0.3 is 0 Å². The van der Waals surface area contributed by atoms with Gasteiger partial charge in [-0.05, 0) is 28.3 Å². The fourth-order valence-corrected chi connectivity index (χ4v) is 3.26. The number of fused-ring (bicyclic) bond motifs is 2. The van der Waals surface area contributed by atoms with Crippen LogP contribution in [-0.2, 0) is 0 Å². The summed E-state index contributed by atoms with van der Waals surface area (Å²) in [4.78, 5) is 0. The van der Waals surface area contributed by atoms with Crippen molar-refractivity contribution in [2.45, 2.75) is 0 Å². The maximum absolute atomic E-state index is 5.47. The van der Waals surface area contributed by atoms with Crippen molar-refractivity contribution in [2.24, 2.45) is 5.92 Å². The Kier molecular flexibility index (Phi) is 2.78. The van der Waals surface area contributed by atoms with Gasteiger partial charge in [-0.25, -0.2) is 0 Å². The highest BCUT2D eigenvalue weighted by atomic mass is 16.5. The molecule has 1 aromatic carbocycles. The largest absolute Gasteiger partial charge is 0.496 e. The van der Waals surface area contributed by atoms with Gasteiger partial charge in [0.2, 0.25) is 0 Å².